The van der Waals surface area contributed by atoms with Crippen LogP contribution in [0, 0.1) is 0 Å². The Bertz CT molecular complexity index is 620. The van der Waals surface area contributed by atoms with E-state index in [1.165, 1.54) is 7.05 Å². The van der Waals surface area contributed by atoms with Gasteiger partial charge in [-0.3, -0.25) is 9.59 Å². The van der Waals surface area contributed by atoms with E-state index in [4.69, 9.17) is 16.0 Å². The van der Waals surface area contributed by atoms with Gasteiger partial charge < -0.3 is 15.1 Å². The van der Waals surface area contributed by atoms with Crippen molar-refractivity contribution < 1.29 is 14.0 Å². The van der Waals surface area contributed by atoms with Crippen LogP contribution in [-0.2, 0) is 4.79 Å². The number of rotatable bonds is 4. The van der Waals surface area contributed by atoms with Gasteiger partial charge in [0.15, 0.2) is 5.76 Å². The van der Waals surface area contributed by atoms with Crippen molar-refractivity contribution in [3.05, 3.63) is 47.2 Å². The summed E-state index contributed by atoms with van der Waals surface area (Å²) in [6.45, 7) is -0.0910. The molecule has 0 saturated heterocycles. The molecule has 1 heterocycles. The largest absolute Gasteiger partial charge is 0.451 e. The van der Waals surface area contributed by atoms with Gasteiger partial charge in [-0.25, -0.2) is 0 Å². The van der Waals surface area contributed by atoms with E-state index in [1.807, 2.05) is 0 Å². The van der Waals surface area contributed by atoms with Crippen LogP contribution in [0.3, 0.4) is 0 Å². The van der Waals surface area contributed by atoms with Gasteiger partial charge in [0.2, 0.25) is 5.91 Å². The zero-order valence-electron chi connectivity index (χ0n) is 10.8. The van der Waals surface area contributed by atoms with Crippen LogP contribution >= 0.6 is 11.6 Å². The van der Waals surface area contributed by atoms with Crippen LogP contribution in [0.15, 0.2) is 40.8 Å². The van der Waals surface area contributed by atoms with E-state index in [0.29, 0.717) is 10.8 Å². The first-order valence-corrected chi connectivity index (χ1v) is 6.32. The lowest BCUT2D eigenvalue weighted by Crippen LogP contribution is -2.34. The third-order valence-corrected chi connectivity index (χ3v) is 2.90. The Kier molecular flexibility index (Phi) is 4.42. The Labute approximate surface area is 120 Å². The van der Waals surface area contributed by atoms with Gasteiger partial charge in [0.05, 0.1) is 6.54 Å². The van der Waals surface area contributed by atoms with Crippen LogP contribution in [0.4, 0.5) is 0 Å². The predicted octanol–water partition coefficient (Wildman–Crippen LogP) is 2.08. The molecule has 0 fully saturated rings. The normalized spacial score (nSPS) is 10.1. The van der Waals surface area contributed by atoms with E-state index in [2.05, 4.69) is 10.6 Å². The third kappa shape index (κ3) is 3.39. The molecule has 0 aliphatic heterocycles. The van der Waals surface area contributed by atoms with Crippen molar-refractivity contribution in [2.75, 3.05) is 13.6 Å². The summed E-state index contributed by atoms with van der Waals surface area (Å²) >= 11 is 5.81. The minimum absolute atomic E-state index is 0.0910. The first kappa shape index (κ1) is 14.1. The van der Waals surface area contributed by atoms with Crippen LogP contribution in [-0.4, -0.2) is 25.4 Å². The Morgan fingerprint density at radius 1 is 1.15 bits per heavy atom. The van der Waals surface area contributed by atoms with Crippen LogP contribution < -0.4 is 10.6 Å². The van der Waals surface area contributed by atoms with Crippen LogP contribution in [0.1, 0.15) is 10.6 Å². The van der Waals surface area contributed by atoms with Crippen LogP contribution in [0.5, 0.6) is 0 Å². The molecule has 0 unspecified atom stereocenters. The maximum Gasteiger partial charge on any atom is 0.287 e. The first-order valence-electron chi connectivity index (χ1n) is 5.94. The van der Waals surface area contributed by atoms with Gasteiger partial charge in [-0.2, -0.15) is 0 Å². The Morgan fingerprint density at radius 2 is 1.85 bits per heavy atom. The smallest absolute Gasteiger partial charge is 0.287 e. The molecule has 104 valence electrons. The molecule has 2 aromatic rings. The molecule has 1 aromatic heterocycles. The van der Waals surface area contributed by atoms with Crippen molar-refractivity contribution in [2.45, 2.75) is 0 Å². The lowest BCUT2D eigenvalue weighted by atomic mass is 10.2. The van der Waals surface area contributed by atoms with Gasteiger partial charge in [0.25, 0.3) is 5.91 Å². The van der Waals surface area contributed by atoms with Crippen LogP contribution in [0.2, 0.25) is 5.02 Å². The van der Waals surface area contributed by atoms with Crippen molar-refractivity contribution in [3.8, 4) is 11.3 Å². The molecule has 2 amide bonds. The van der Waals surface area contributed by atoms with E-state index < -0.39 is 5.91 Å². The Balaban J connectivity index is 2.06. The summed E-state index contributed by atoms with van der Waals surface area (Å²) in [6, 6.07) is 10.3. The van der Waals surface area contributed by atoms with Crippen LogP contribution in [0.25, 0.3) is 11.3 Å². The molecule has 2 N–H and O–H groups in total. The number of carbonyl (C=O) groups is 2. The van der Waals surface area contributed by atoms with Gasteiger partial charge in [0.1, 0.15) is 5.76 Å². The standard InChI is InChI=1S/C14H13ClN2O3/c1-16-13(18)8-17-14(19)12-7-6-11(20-12)9-2-4-10(15)5-3-9/h2-7H,8H2,1H3,(H,16,18)(H,17,19). The molecule has 5 nitrogen and oxygen atoms in total. The lowest BCUT2D eigenvalue weighted by molar-refractivity contribution is -0.119. The Hall–Kier alpha value is -2.27. The van der Waals surface area contributed by atoms with Crippen molar-refractivity contribution in [1.29, 1.82) is 0 Å². The molecular weight excluding hydrogens is 280 g/mol. The maximum atomic E-state index is 11.8. The number of hydrogen-bond donors (Lipinski definition) is 2. The molecule has 6 heteroatoms. The molecule has 0 aliphatic rings. The quantitative estimate of drug-likeness (QED) is 0.906. The summed E-state index contributed by atoms with van der Waals surface area (Å²) in [4.78, 5) is 22.8. The summed E-state index contributed by atoms with van der Waals surface area (Å²) in [6.07, 6.45) is 0. The number of likely N-dealkylation sites (N-methyl/N-ethyl adjacent to an activating group) is 1. The van der Waals surface area contributed by atoms with Crippen molar-refractivity contribution >= 4 is 23.4 Å². The number of benzene rings is 1. The van der Waals surface area contributed by atoms with Gasteiger partial charge in [0, 0.05) is 17.6 Å². The SMILES string of the molecule is CNC(=O)CNC(=O)c1ccc(-c2ccc(Cl)cc2)o1. The first-order chi connectivity index (χ1) is 9.60. The van der Waals surface area contributed by atoms with Gasteiger partial charge in [-0.1, -0.05) is 11.6 Å². The fraction of sp³-hybridized carbons (Fsp3) is 0.143. The van der Waals surface area contributed by atoms with Crippen molar-refractivity contribution in [1.82, 2.24) is 10.6 Å². The second kappa shape index (κ2) is 6.25. The molecule has 2 rings (SSSR count). The molecule has 0 atom stereocenters. The van der Waals surface area contributed by atoms with E-state index >= 15 is 0 Å². The summed E-state index contributed by atoms with van der Waals surface area (Å²) < 4.78 is 5.45. The summed E-state index contributed by atoms with van der Waals surface area (Å²) in [5, 5.41) is 5.50. The highest BCUT2D eigenvalue weighted by atomic mass is 35.5. The van der Waals surface area contributed by atoms with Crippen molar-refractivity contribution in [3.63, 3.8) is 0 Å². The highest BCUT2D eigenvalue weighted by molar-refractivity contribution is 6.30. The number of furan rings is 1. The summed E-state index contributed by atoms with van der Waals surface area (Å²) in [7, 11) is 1.50. The molecule has 0 spiro atoms. The monoisotopic (exact) mass is 292 g/mol. The van der Waals surface area contributed by atoms with E-state index in [9.17, 15) is 9.59 Å². The minimum atomic E-state index is -0.436. The lowest BCUT2D eigenvalue weighted by Gasteiger charge is -2.01. The molecule has 0 bridgehead atoms. The highest BCUT2D eigenvalue weighted by Gasteiger charge is 2.12. The van der Waals surface area contributed by atoms with Gasteiger partial charge in [-0.15, -0.1) is 0 Å². The number of carbonyl (C=O) groups excluding carboxylic acids is 2. The maximum absolute atomic E-state index is 11.8. The zero-order chi connectivity index (χ0) is 14.5. The molecule has 0 aliphatic carbocycles. The topological polar surface area (TPSA) is 71.3 Å². The molecule has 0 saturated carbocycles. The van der Waals surface area contributed by atoms with E-state index in [-0.39, 0.29) is 18.2 Å². The number of hydrogen-bond acceptors (Lipinski definition) is 3. The van der Waals surface area contributed by atoms with E-state index in [0.717, 1.165) is 5.56 Å². The van der Waals surface area contributed by atoms with Gasteiger partial charge >= 0.3 is 0 Å². The molecular formula is C14H13ClN2O3. The fourth-order valence-corrected chi connectivity index (χ4v) is 1.69. The molecule has 1 aromatic carbocycles. The molecule has 20 heavy (non-hydrogen) atoms. The fourth-order valence-electron chi connectivity index (χ4n) is 1.57. The van der Waals surface area contributed by atoms with Gasteiger partial charge in [-0.05, 0) is 36.4 Å². The minimum Gasteiger partial charge on any atom is -0.451 e. The Morgan fingerprint density at radius 3 is 2.50 bits per heavy atom. The average Bonchev–Trinajstić information content (AvgIpc) is 2.95. The zero-order valence-corrected chi connectivity index (χ0v) is 11.5. The highest BCUT2D eigenvalue weighted by Crippen LogP contribution is 2.23. The summed E-state index contributed by atoms with van der Waals surface area (Å²) in [5.74, 6) is 0.00209. The number of nitrogens with one attached hydrogen (secondary N) is 2. The van der Waals surface area contributed by atoms with Crippen molar-refractivity contribution in [2.24, 2.45) is 0 Å². The number of amides is 2. The summed E-state index contributed by atoms with van der Waals surface area (Å²) in [5.41, 5.74) is 0.819. The second-order valence-electron chi connectivity index (χ2n) is 4.03. The number of halogens is 1. The second-order valence-corrected chi connectivity index (χ2v) is 4.46. The third-order valence-electron chi connectivity index (χ3n) is 2.65. The molecule has 0 radical (unpaired) electrons. The van der Waals surface area contributed by atoms with E-state index in [1.54, 1.807) is 36.4 Å². The average molecular weight is 293 g/mol. The predicted molar refractivity (Wildman–Crippen MR) is 75.6 cm³/mol.